The monoisotopic (exact) mass is 302 g/mol. The molecule has 0 bridgehead atoms. The Hall–Kier alpha value is -1.95. The predicted octanol–water partition coefficient (Wildman–Crippen LogP) is 3.10. The molecule has 2 aromatic heterocycles. The molecule has 0 aliphatic heterocycles. The second kappa shape index (κ2) is 6.22. The first kappa shape index (κ1) is 14.0. The SMILES string of the molecule is CCCNc1cc(C(=O)Nc2nc3c(s2)CCC3)ccn1. The summed E-state index contributed by atoms with van der Waals surface area (Å²) in [6.07, 6.45) is 5.96. The van der Waals surface area contributed by atoms with Crippen molar-refractivity contribution in [1.82, 2.24) is 9.97 Å². The van der Waals surface area contributed by atoms with E-state index in [1.807, 2.05) is 0 Å². The molecule has 1 aliphatic rings. The lowest BCUT2D eigenvalue weighted by molar-refractivity contribution is 0.102. The van der Waals surface area contributed by atoms with Crippen molar-refractivity contribution in [3.63, 3.8) is 0 Å². The van der Waals surface area contributed by atoms with Crippen LogP contribution in [-0.2, 0) is 12.8 Å². The van der Waals surface area contributed by atoms with Gasteiger partial charge < -0.3 is 5.32 Å². The number of carbonyl (C=O) groups is 1. The van der Waals surface area contributed by atoms with E-state index in [-0.39, 0.29) is 5.91 Å². The highest BCUT2D eigenvalue weighted by molar-refractivity contribution is 7.15. The normalized spacial score (nSPS) is 13.0. The van der Waals surface area contributed by atoms with Crippen LogP contribution >= 0.6 is 11.3 Å². The van der Waals surface area contributed by atoms with Gasteiger partial charge in [0.05, 0.1) is 5.69 Å². The molecule has 0 saturated carbocycles. The van der Waals surface area contributed by atoms with Crippen molar-refractivity contribution in [3.8, 4) is 0 Å². The quantitative estimate of drug-likeness (QED) is 0.890. The number of rotatable bonds is 5. The fraction of sp³-hybridized carbons (Fsp3) is 0.400. The molecule has 1 aliphatic carbocycles. The van der Waals surface area contributed by atoms with Crippen LogP contribution in [0.5, 0.6) is 0 Å². The number of anilines is 2. The van der Waals surface area contributed by atoms with Gasteiger partial charge in [-0.2, -0.15) is 0 Å². The molecule has 2 aromatic rings. The summed E-state index contributed by atoms with van der Waals surface area (Å²) in [6.45, 7) is 2.93. The van der Waals surface area contributed by atoms with E-state index in [9.17, 15) is 4.79 Å². The summed E-state index contributed by atoms with van der Waals surface area (Å²) in [4.78, 5) is 22.3. The largest absolute Gasteiger partial charge is 0.370 e. The third-order valence-corrected chi connectivity index (χ3v) is 4.47. The number of fused-ring (bicyclic) bond motifs is 1. The minimum absolute atomic E-state index is 0.135. The van der Waals surface area contributed by atoms with Crippen LogP contribution < -0.4 is 10.6 Å². The minimum Gasteiger partial charge on any atom is -0.370 e. The molecule has 0 unspecified atom stereocenters. The third-order valence-electron chi connectivity index (χ3n) is 3.39. The van der Waals surface area contributed by atoms with Gasteiger partial charge in [0.15, 0.2) is 5.13 Å². The van der Waals surface area contributed by atoms with Crippen molar-refractivity contribution in [1.29, 1.82) is 0 Å². The number of thiazole rings is 1. The van der Waals surface area contributed by atoms with Crippen molar-refractivity contribution in [2.45, 2.75) is 32.6 Å². The average molecular weight is 302 g/mol. The standard InChI is InChI=1S/C15H18N4OS/c1-2-7-16-13-9-10(6-8-17-13)14(20)19-15-18-11-4-3-5-12(11)21-15/h6,8-9H,2-5,7H2,1H3,(H,16,17)(H,18,19,20). The van der Waals surface area contributed by atoms with Gasteiger partial charge in [-0.1, -0.05) is 6.92 Å². The first-order chi connectivity index (χ1) is 10.3. The van der Waals surface area contributed by atoms with Gasteiger partial charge in [0, 0.05) is 23.2 Å². The summed E-state index contributed by atoms with van der Waals surface area (Å²) in [5.74, 6) is 0.593. The van der Waals surface area contributed by atoms with E-state index in [2.05, 4.69) is 27.5 Å². The predicted molar refractivity (Wildman–Crippen MR) is 85.1 cm³/mol. The second-order valence-electron chi connectivity index (χ2n) is 5.05. The van der Waals surface area contributed by atoms with Crippen LogP contribution in [0.3, 0.4) is 0 Å². The summed E-state index contributed by atoms with van der Waals surface area (Å²) in [5.41, 5.74) is 1.74. The Morgan fingerprint density at radius 3 is 3.14 bits per heavy atom. The lowest BCUT2D eigenvalue weighted by Gasteiger charge is -2.06. The van der Waals surface area contributed by atoms with E-state index >= 15 is 0 Å². The van der Waals surface area contributed by atoms with Crippen molar-refractivity contribution < 1.29 is 4.79 Å². The number of carbonyl (C=O) groups excluding carboxylic acids is 1. The Balaban J connectivity index is 1.69. The van der Waals surface area contributed by atoms with Crippen LogP contribution in [0.15, 0.2) is 18.3 Å². The van der Waals surface area contributed by atoms with E-state index in [1.54, 1.807) is 29.7 Å². The molecule has 1 amide bonds. The van der Waals surface area contributed by atoms with E-state index in [1.165, 1.54) is 11.3 Å². The van der Waals surface area contributed by atoms with E-state index in [4.69, 9.17) is 0 Å². The Morgan fingerprint density at radius 1 is 1.43 bits per heavy atom. The molecular weight excluding hydrogens is 284 g/mol. The Bertz CT molecular complexity index is 631. The summed E-state index contributed by atoms with van der Waals surface area (Å²) in [7, 11) is 0. The van der Waals surface area contributed by atoms with Crippen LogP contribution in [0.4, 0.5) is 10.9 Å². The fourth-order valence-electron chi connectivity index (χ4n) is 2.33. The molecule has 6 heteroatoms. The van der Waals surface area contributed by atoms with Gasteiger partial charge in [-0.25, -0.2) is 9.97 Å². The van der Waals surface area contributed by atoms with Crippen molar-refractivity contribution >= 4 is 28.2 Å². The number of aryl methyl sites for hydroxylation is 2. The number of pyridine rings is 1. The number of amides is 1. The molecule has 0 fully saturated rings. The topological polar surface area (TPSA) is 66.9 Å². The lowest BCUT2D eigenvalue weighted by Crippen LogP contribution is -2.13. The van der Waals surface area contributed by atoms with Crippen molar-refractivity contribution in [2.24, 2.45) is 0 Å². The average Bonchev–Trinajstić information content (AvgIpc) is 3.06. The molecule has 0 atom stereocenters. The van der Waals surface area contributed by atoms with Gasteiger partial charge in [-0.15, -0.1) is 11.3 Å². The second-order valence-corrected chi connectivity index (χ2v) is 6.14. The van der Waals surface area contributed by atoms with Crippen LogP contribution in [0.25, 0.3) is 0 Å². The van der Waals surface area contributed by atoms with Gasteiger partial charge in [-0.3, -0.25) is 10.1 Å². The van der Waals surface area contributed by atoms with Gasteiger partial charge >= 0.3 is 0 Å². The molecule has 0 saturated heterocycles. The number of nitrogens with one attached hydrogen (secondary N) is 2. The van der Waals surface area contributed by atoms with Gasteiger partial charge in [0.1, 0.15) is 5.82 Å². The number of hydrogen-bond acceptors (Lipinski definition) is 5. The maximum absolute atomic E-state index is 12.3. The van der Waals surface area contributed by atoms with Crippen LogP contribution in [0, 0.1) is 0 Å². The first-order valence-electron chi connectivity index (χ1n) is 7.26. The van der Waals surface area contributed by atoms with Gasteiger partial charge in [-0.05, 0) is 37.8 Å². The Labute approximate surface area is 127 Å². The molecule has 0 aromatic carbocycles. The Kier molecular flexibility index (Phi) is 4.15. The maximum atomic E-state index is 12.3. The van der Waals surface area contributed by atoms with Crippen LogP contribution in [0.2, 0.25) is 0 Å². The zero-order valence-corrected chi connectivity index (χ0v) is 12.8. The van der Waals surface area contributed by atoms with E-state index < -0.39 is 0 Å². The number of hydrogen-bond donors (Lipinski definition) is 2. The highest BCUT2D eigenvalue weighted by atomic mass is 32.1. The minimum atomic E-state index is -0.135. The molecule has 2 heterocycles. The molecule has 3 rings (SSSR count). The summed E-state index contributed by atoms with van der Waals surface area (Å²) < 4.78 is 0. The Morgan fingerprint density at radius 2 is 2.33 bits per heavy atom. The summed E-state index contributed by atoms with van der Waals surface area (Å²) in [5, 5.41) is 6.76. The first-order valence-corrected chi connectivity index (χ1v) is 8.08. The number of aromatic nitrogens is 2. The van der Waals surface area contributed by atoms with Crippen LogP contribution in [0.1, 0.15) is 40.7 Å². The number of nitrogens with zero attached hydrogens (tertiary/aromatic N) is 2. The smallest absolute Gasteiger partial charge is 0.257 e. The van der Waals surface area contributed by atoms with E-state index in [0.29, 0.717) is 10.7 Å². The molecular formula is C15H18N4OS. The summed E-state index contributed by atoms with van der Waals surface area (Å²) >= 11 is 1.59. The zero-order valence-electron chi connectivity index (χ0n) is 12.0. The van der Waals surface area contributed by atoms with Crippen molar-refractivity contribution in [3.05, 3.63) is 34.5 Å². The third kappa shape index (κ3) is 3.21. The van der Waals surface area contributed by atoms with Crippen LogP contribution in [-0.4, -0.2) is 22.4 Å². The molecule has 110 valence electrons. The molecule has 2 N–H and O–H groups in total. The van der Waals surface area contributed by atoms with Gasteiger partial charge in [0.25, 0.3) is 5.91 Å². The molecule has 5 nitrogen and oxygen atoms in total. The molecule has 0 spiro atoms. The highest BCUT2D eigenvalue weighted by Gasteiger charge is 2.18. The van der Waals surface area contributed by atoms with Crippen molar-refractivity contribution in [2.75, 3.05) is 17.2 Å². The highest BCUT2D eigenvalue weighted by Crippen LogP contribution is 2.30. The van der Waals surface area contributed by atoms with E-state index in [0.717, 1.165) is 37.3 Å². The molecule has 0 radical (unpaired) electrons. The fourth-order valence-corrected chi connectivity index (χ4v) is 3.38. The summed E-state index contributed by atoms with van der Waals surface area (Å²) in [6, 6.07) is 3.49. The lowest BCUT2D eigenvalue weighted by atomic mass is 10.2. The molecule has 21 heavy (non-hydrogen) atoms. The zero-order chi connectivity index (χ0) is 14.7. The maximum Gasteiger partial charge on any atom is 0.257 e. The van der Waals surface area contributed by atoms with Gasteiger partial charge in [0.2, 0.25) is 0 Å².